The Labute approximate surface area is 211 Å². The van der Waals surface area contributed by atoms with Gasteiger partial charge >= 0.3 is 0 Å². The minimum absolute atomic E-state index is 0.0765. The lowest BCUT2D eigenvalue weighted by Crippen LogP contribution is -2.73. The molecule has 0 aliphatic carbocycles. The highest BCUT2D eigenvalue weighted by molar-refractivity contribution is 7.07. The molecule has 4 rings (SSSR count). The summed E-state index contributed by atoms with van der Waals surface area (Å²) in [5, 5.41) is 2.13. The van der Waals surface area contributed by atoms with Crippen LogP contribution in [0.15, 0.2) is 71.7 Å². The van der Waals surface area contributed by atoms with Gasteiger partial charge in [0.2, 0.25) is 0 Å². The van der Waals surface area contributed by atoms with Crippen LogP contribution in [0.4, 0.5) is 5.69 Å². The summed E-state index contributed by atoms with van der Waals surface area (Å²) in [6.45, 7) is 4.88. The minimum Gasteiger partial charge on any atom is -0.351 e. The SMILES string of the molecule is CCC(C=Cc1ccccc1[NH2+]C)C=c1sc(=CC=C2c3ccccc3C=CN2C)c(=O)n1CC. The van der Waals surface area contributed by atoms with E-state index in [1.807, 2.05) is 24.6 Å². The van der Waals surface area contributed by atoms with E-state index in [1.165, 1.54) is 22.4 Å². The van der Waals surface area contributed by atoms with Crippen LogP contribution in [0.1, 0.15) is 37.0 Å². The van der Waals surface area contributed by atoms with Gasteiger partial charge in [0.15, 0.2) is 0 Å². The molecule has 0 spiro atoms. The fourth-order valence-electron chi connectivity index (χ4n) is 4.32. The number of para-hydroxylation sites is 1. The van der Waals surface area contributed by atoms with Crippen molar-refractivity contribution in [2.24, 2.45) is 5.92 Å². The van der Waals surface area contributed by atoms with Crippen LogP contribution in [0.25, 0.3) is 30.0 Å². The van der Waals surface area contributed by atoms with Gasteiger partial charge in [0, 0.05) is 36.6 Å². The smallest absolute Gasteiger partial charge is 0.269 e. The fourth-order valence-corrected chi connectivity index (χ4v) is 5.44. The lowest BCUT2D eigenvalue weighted by molar-refractivity contribution is -0.539. The zero-order valence-electron chi connectivity index (χ0n) is 20.9. The van der Waals surface area contributed by atoms with Crippen molar-refractivity contribution in [2.45, 2.75) is 26.8 Å². The molecule has 2 N–H and O–H groups in total. The number of hydrogen-bond donors (Lipinski definition) is 1. The van der Waals surface area contributed by atoms with E-state index in [2.05, 4.69) is 109 Å². The molecule has 2 heterocycles. The number of aromatic nitrogens is 1. The van der Waals surface area contributed by atoms with Crippen LogP contribution in [-0.2, 0) is 6.54 Å². The Bertz CT molecular complexity index is 1460. The lowest BCUT2D eigenvalue weighted by atomic mass is 10.0. The molecule has 0 amide bonds. The molecule has 35 heavy (non-hydrogen) atoms. The van der Waals surface area contributed by atoms with Crippen molar-refractivity contribution in [2.75, 3.05) is 14.1 Å². The quantitative estimate of drug-likeness (QED) is 0.515. The molecule has 0 saturated carbocycles. The Morgan fingerprint density at radius 2 is 1.83 bits per heavy atom. The highest BCUT2D eigenvalue weighted by atomic mass is 32.1. The largest absolute Gasteiger partial charge is 0.351 e. The second-order valence-corrected chi connectivity index (χ2v) is 9.66. The third-order valence-electron chi connectivity index (χ3n) is 6.40. The van der Waals surface area contributed by atoms with Gasteiger partial charge in [0.1, 0.15) is 5.69 Å². The summed E-state index contributed by atoms with van der Waals surface area (Å²) in [5.41, 5.74) is 5.98. The van der Waals surface area contributed by atoms with Gasteiger partial charge in [0.25, 0.3) is 5.56 Å². The van der Waals surface area contributed by atoms with Crippen LogP contribution >= 0.6 is 11.3 Å². The molecule has 5 heteroatoms. The van der Waals surface area contributed by atoms with Crippen LogP contribution in [-0.4, -0.2) is 23.6 Å². The van der Waals surface area contributed by atoms with Gasteiger partial charge in [-0.3, -0.25) is 9.36 Å². The zero-order valence-corrected chi connectivity index (χ0v) is 21.8. The molecule has 2 aromatic carbocycles. The van der Waals surface area contributed by atoms with E-state index in [9.17, 15) is 4.79 Å². The number of quaternary nitrogens is 1. The van der Waals surface area contributed by atoms with Crippen molar-refractivity contribution in [3.8, 4) is 0 Å². The van der Waals surface area contributed by atoms with Gasteiger partial charge in [-0.1, -0.05) is 55.5 Å². The fraction of sp³-hybridized carbons (Fsp3) is 0.233. The van der Waals surface area contributed by atoms with Crippen LogP contribution in [0, 0.1) is 5.92 Å². The molecule has 1 unspecified atom stereocenters. The zero-order chi connectivity index (χ0) is 24.8. The molecule has 0 radical (unpaired) electrons. The summed E-state index contributed by atoms with van der Waals surface area (Å²) < 4.78 is 3.67. The van der Waals surface area contributed by atoms with E-state index >= 15 is 0 Å². The number of nitrogens with two attached hydrogens (primary N) is 1. The van der Waals surface area contributed by atoms with E-state index in [-0.39, 0.29) is 11.5 Å². The van der Waals surface area contributed by atoms with Gasteiger partial charge in [-0.15, -0.1) is 11.3 Å². The molecule has 4 nitrogen and oxygen atoms in total. The first-order chi connectivity index (χ1) is 17.0. The third kappa shape index (κ3) is 5.47. The molecular weight excluding hydrogens is 450 g/mol. The van der Waals surface area contributed by atoms with E-state index in [4.69, 9.17) is 0 Å². The summed E-state index contributed by atoms with van der Waals surface area (Å²) in [4.78, 5) is 15.3. The summed E-state index contributed by atoms with van der Waals surface area (Å²) >= 11 is 1.57. The highest BCUT2D eigenvalue weighted by Crippen LogP contribution is 2.27. The first kappa shape index (κ1) is 24.7. The first-order valence-electron chi connectivity index (χ1n) is 12.3. The summed E-state index contributed by atoms with van der Waals surface area (Å²) in [5.74, 6) is 0.253. The van der Waals surface area contributed by atoms with Gasteiger partial charge < -0.3 is 10.2 Å². The average molecular weight is 485 g/mol. The maximum Gasteiger partial charge on any atom is 0.269 e. The number of rotatable bonds is 7. The maximum absolute atomic E-state index is 13.2. The number of hydrogen-bond acceptors (Lipinski definition) is 3. The van der Waals surface area contributed by atoms with E-state index < -0.39 is 0 Å². The van der Waals surface area contributed by atoms with Crippen LogP contribution in [0.3, 0.4) is 0 Å². The van der Waals surface area contributed by atoms with Crippen LogP contribution < -0.4 is 20.1 Å². The topological polar surface area (TPSA) is 41.9 Å². The Kier molecular flexibility index (Phi) is 8.01. The predicted molar refractivity (Wildman–Crippen MR) is 150 cm³/mol. The van der Waals surface area contributed by atoms with Gasteiger partial charge in [-0.25, -0.2) is 0 Å². The van der Waals surface area contributed by atoms with Crippen LogP contribution in [0.2, 0.25) is 0 Å². The van der Waals surface area contributed by atoms with Crippen molar-refractivity contribution < 1.29 is 5.32 Å². The second kappa shape index (κ2) is 11.3. The Morgan fingerprint density at radius 3 is 2.60 bits per heavy atom. The van der Waals surface area contributed by atoms with Gasteiger partial charge in [0.05, 0.1) is 16.2 Å². The molecule has 3 aromatic rings. The Morgan fingerprint density at radius 1 is 1.06 bits per heavy atom. The number of thiazole rings is 1. The molecule has 1 aliphatic heterocycles. The van der Waals surface area contributed by atoms with Crippen molar-refractivity contribution in [3.63, 3.8) is 0 Å². The van der Waals surface area contributed by atoms with E-state index in [1.54, 1.807) is 11.3 Å². The van der Waals surface area contributed by atoms with Crippen LogP contribution in [0.5, 0.6) is 0 Å². The monoisotopic (exact) mass is 484 g/mol. The molecule has 0 bridgehead atoms. The third-order valence-corrected chi connectivity index (χ3v) is 7.49. The predicted octanol–water partition coefficient (Wildman–Crippen LogP) is 4.01. The highest BCUT2D eigenvalue weighted by Gasteiger charge is 2.13. The Hall–Kier alpha value is -3.41. The first-order valence-corrected chi connectivity index (χ1v) is 13.1. The molecule has 0 saturated heterocycles. The van der Waals surface area contributed by atoms with Gasteiger partial charge in [-0.05, 0) is 61.3 Å². The standard InChI is InChI=1S/C30H33N3OS/c1-5-22(15-16-24-12-8-10-14-26(24)31-3)21-29-33(6-2)30(34)28(35-29)18-17-27-25-13-9-7-11-23(25)19-20-32(27)4/h7-22,31H,5-6H2,1-4H3/p+1. The van der Waals surface area contributed by atoms with E-state index in [0.29, 0.717) is 6.54 Å². The van der Waals surface area contributed by atoms with Crippen molar-refractivity contribution in [3.05, 3.63) is 103 Å². The van der Waals surface area contributed by atoms with E-state index in [0.717, 1.165) is 21.3 Å². The minimum atomic E-state index is 0.0765. The van der Waals surface area contributed by atoms with Gasteiger partial charge in [-0.2, -0.15) is 0 Å². The molecule has 0 fully saturated rings. The molecule has 1 aliphatic rings. The number of allylic oxidation sites excluding steroid dienone is 2. The summed E-state index contributed by atoms with van der Waals surface area (Å²) in [6.07, 6.45) is 15.9. The molecular formula is C30H34N3OS+. The summed E-state index contributed by atoms with van der Waals surface area (Å²) in [7, 11) is 4.10. The summed E-state index contributed by atoms with van der Waals surface area (Å²) in [6, 6.07) is 16.7. The number of nitrogens with zero attached hydrogens (tertiary/aromatic N) is 2. The average Bonchev–Trinajstić information content (AvgIpc) is 3.19. The normalized spacial score (nSPS) is 16.5. The van der Waals surface area contributed by atoms with Crippen molar-refractivity contribution >= 4 is 47.0 Å². The lowest BCUT2D eigenvalue weighted by Gasteiger charge is -2.24. The number of fused-ring (bicyclic) bond motifs is 1. The van der Waals surface area contributed by atoms with Crippen molar-refractivity contribution in [1.82, 2.24) is 9.47 Å². The Balaban J connectivity index is 1.72. The maximum atomic E-state index is 13.2. The second-order valence-electron chi connectivity index (χ2n) is 8.60. The molecule has 1 aromatic heterocycles. The molecule has 180 valence electrons. The van der Waals surface area contributed by atoms with Crippen molar-refractivity contribution in [1.29, 1.82) is 0 Å². The molecule has 1 atom stereocenters. The number of benzene rings is 2.